The molecule has 122 valence electrons. The summed E-state index contributed by atoms with van der Waals surface area (Å²) >= 11 is 0. The minimum atomic E-state index is 0.652. The third-order valence-corrected chi connectivity index (χ3v) is 4.41. The average Bonchev–Trinajstić information content (AvgIpc) is 2.58. The molecule has 0 unspecified atom stereocenters. The highest BCUT2D eigenvalue weighted by Crippen LogP contribution is 2.49. The van der Waals surface area contributed by atoms with Crippen molar-refractivity contribution in [3.05, 3.63) is 46.5 Å². The monoisotopic (exact) mass is 313 g/mol. The molecule has 0 amide bonds. The number of para-hydroxylation sites is 1. The van der Waals surface area contributed by atoms with Crippen LogP contribution in [0.5, 0.6) is 23.0 Å². The molecule has 1 aliphatic rings. The molecule has 0 fully saturated rings. The van der Waals surface area contributed by atoms with Gasteiger partial charge in [0.15, 0.2) is 11.5 Å². The smallest absolute Gasteiger partial charge is 0.168 e. The third-order valence-electron chi connectivity index (χ3n) is 4.41. The van der Waals surface area contributed by atoms with Crippen molar-refractivity contribution in [2.24, 2.45) is 5.73 Å². The predicted octanol–water partition coefficient (Wildman–Crippen LogP) is 3.60. The predicted molar refractivity (Wildman–Crippen MR) is 91.0 cm³/mol. The molecule has 0 bridgehead atoms. The molecule has 0 saturated heterocycles. The van der Waals surface area contributed by atoms with E-state index in [4.69, 9.17) is 19.9 Å². The summed E-state index contributed by atoms with van der Waals surface area (Å²) in [5.41, 5.74) is 10.2. The zero-order valence-electron chi connectivity index (χ0n) is 13.9. The van der Waals surface area contributed by atoms with Crippen LogP contribution < -0.4 is 19.9 Å². The normalized spacial score (nSPS) is 12.2. The van der Waals surface area contributed by atoms with Crippen molar-refractivity contribution in [3.8, 4) is 23.0 Å². The highest BCUT2D eigenvalue weighted by molar-refractivity contribution is 5.66. The van der Waals surface area contributed by atoms with Gasteiger partial charge in [0.2, 0.25) is 0 Å². The lowest BCUT2D eigenvalue weighted by Crippen LogP contribution is -2.11. The number of methoxy groups -OCH3 is 2. The Bertz CT molecular complexity index is 725. The molecule has 2 N–H and O–H groups in total. The summed E-state index contributed by atoms with van der Waals surface area (Å²) < 4.78 is 17.5. The van der Waals surface area contributed by atoms with Gasteiger partial charge >= 0.3 is 0 Å². The molecule has 0 aromatic heterocycles. The Balaban J connectivity index is 2.20. The number of hydrogen-bond donors (Lipinski definition) is 1. The molecule has 3 rings (SSSR count). The van der Waals surface area contributed by atoms with Crippen LogP contribution in [0.25, 0.3) is 0 Å². The molecule has 0 radical (unpaired) electrons. The van der Waals surface area contributed by atoms with Crippen molar-refractivity contribution < 1.29 is 14.2 Å². The second kappa shape index (κ2) is 6.50. The highest BCUT2D eigenvalue weighted by atomic mass is 16.5. The van der Waals surface area contributed by atoms with E-state index in [9.17, 15) is 0 Å². The van der Waals surface area contributed by atoms with Gasteiger partial charge < -0.3 is 19.9 Å². The van der Waals surface area contributed by atoms with Gasteiger partial charge in [-0.25, -0.2) is 0 Å². The van der Waals surface area contributed by atoms with Gasteiger partial charge in [-0.3, -0.25) is 0 Å². The molecule has 1 aliphatic heterocycles. The topological polar surface area (TPSA) is 53.7 Å². The lowest BCUT2D eigenvalue weighted by atomic mass is 9.91. The van der Waals surface area contributed by atoms with E-state index in [1.807, 2.05) is 18.2 Å². The zero-order valence-corrected chi connectivity index (χ0v) is 13.9. The van der Waals surface area contributed by atoms with E-state index < -0.39 is 0 Å². The van der Waals surface area contributed by atoms with E-state index in [0.717, 1.165) is 64.5 Å². The van der Waals surface area contributed by atoms with Crippen LogP contribution in [0.3, 0.4) is 0 Å². The summed E-state index contributed by atoms with van der Waals surface area (Å²) in [5, 5.41) is 0. The number of fused-ring (bicyclic) bond motifs is 2. The van der Waals surface area contributed by atoms with Crippen molar-refractivity contribution in [3.63, 3.8) is 0 Å². The van der Waals surface area contributed by atoms with Crippen LogP contribution in [-0.2, 0) is 12.8 Å². The lowest BCUT2D eigenvalue weighted by Gasteiger charge is -2.27. The summed E-state index contributed by atoms with van der Waals surface area (Å²) in [7, 11) is 3.36. The van der Waals surface area contributed by atoms with Gasteiger partial charge in [0, 0.05) is 23.1 Å². The highest BCUT2D eigenvalue weighted by Gasteiger charge is 2.28. The minimum Gasteiger partial charge on any atom is -0.493 e. The van der Waals surface area contributed by atoms with Crippen molar-refractivity contribution >= 4 is 0 Å². The first-order valence-corrected chi connectivity index (χ1v) is 7.93. The van der Waals surface area contributed by atoms with Crippen molar-refractivity contribution in [1.82, 2.24) is 0 Å². The van der Waals surface area contributed by atoms with Crippen LogP contribution in [0.1, 0.15) is 28.7 Å². The summed E-state index contributed by atoms with van der Waals surface area (Å²) in [4.78, 5) is 0. The average molecular weight is 313 g/mol. The van der Waals surface area contributed by atoms with Gasteiger partial charge in [-0.15, -0.1) is 0 Å². The Hall–Kier alpha value is -2.20. The number of benzene rings is 2. The number of ether oxygens (including phenoxy) is 3. The number of hydrogen-bond acceptors (Lipinski definition) is 4. The van der Waals surface area contributed by atoms with Crippen LogP contribution >= 0.6 is 0 Å². The van der Waals surface area contributed by atoms with E-state index in [1.165, 1.54) is 0 Å². The molecule has 0 atom stereocenters. The van der Waals surface area contributed by atoms with E-state index in [0.29, 0.717) is 6.54 Å². The lowest BCUT2D eigenvalue weighted by molar-refractivity contribution is 0.342. The summed E-state index contributed by atoms with van der Waals surface area (Å²) in [6.07, 6.45) is 2.56. The van der Waals surface area contributed by atoms with Gasteiger partial charge in [0.1, 0.15) is 11.5 Å². The van der Waals surface area contributed by atoms with E-state index in [-0.39, 0.29) is 0 Å². The van der Waals surface area contributed by atoms with Crippen LogP contribution in [0.2, 0.25) is 0 Å². The fourth-order valence-corrected chi connectivity index (χ4v) is 3.28. The Morgan fingerprint density at radius 3 is 2.57 bits per heavy atom. The van der Waals surface area contributed by atoms with Crippen molar-refractivity contribution in [2.75, 3.05) is 20.8 Å². The zero-order chi connectivity index (χ0) is 16.4. The Kier molecular flexibility index (Phi) is 4.44. The van der Waals surface area contributed by atoms with Crippen LogP contribution in [0.15, 0.2) is 24.3 Å². The van der Waals surface area contributed by atoms with E-state index in [2.05, 4.69) is 13.0 Å². The molecule has 0 saturated carbocycles. The van der Waals surface area contributed by atoms with Gasteiger partial charge in [0.25, 0.3) is 0 Å². The fraction of sp³-hybridized carbons (Fsp3) is 0.368. The van der Waals surface area contributed by atoms with Gasteiger partial charge in [0.05, 0.1) is 14.2 Å². The third kappa shape index (κ3) is 2.63. The fourth-order valence-electron chi connectivity index (χ4n) is 3.28. The summed E-state index contributed by atoms with van der Waals surface area (Å²) in [5.74, 6) is 3.39. The first-order valence-electron chi connectivity index (χ1n) is 7.93. The van der Waals surface area contributed by atoms with E-state index >= 15 is 0 Å². The standard InChI is InChI=1S/C19H23NO3/c1-12-14(8-6-10-20)18-15(19(22-3)17(12)21-2)11-13-7-4-5-9-16(13)23-18/h4-5,7,9H,6,8,10-11,20H2,1-3H3. The van der Waals surface area contributed by atoms with Crippen molar-refractivity contribution in [2.45, 2.75) is 26.2 Å². The Labute approximate surface area is 137 Å². The minimum absolute atomic E-state index is 0.652. The van der Waals surface area contributed by atoms with Crippen LogP contribution in [0.4, 0.5) is 0 Å². The maximum absolute atomic E-state index is 6.25. The van der Waals surface area contributed by atoms with Gasteiger partial charge in [-0.05, 0) is 37.9 Å². The van der Waals surface area contributed by atoms with Gasteiger partial charge in [-0.2, -0.15) is 0 Å². The largest absolute Gasteiger partial charge is 0.493 e. The molecule has 2 aromatic carbocycles. The Morgan fingerprint density at radius 1 is 1.13 bits per heavy atom. The molecular weight excluding hydrogens is 290 g/mol. The second-order valence-electron chi connectivity index (χ2n) is 5.76. The molecule has 0 aliphatic carbocycles. The maximum Gasteiger partial charge on any atom is 0.168 e. The van der Waals surface area contributed by atoms with E-state index in [1.54, 1.807) is 14.2 Å². The molecule has 0 spiro atoms. The SMILES string of the molecule is COc1c(C)c(CCCN)c2c(c1OC)Cc1ccccc1O2. The number of nitrogens with two attached hydrogens (primary N) is 1. The molecule has 23 heavy (non-hydrogen) atoms. The first kappa shape index (κ1) is 15.7. The Morgan fingerprint density at radius 2 is 1.87 bits per heavy atom. The van der Waals surface area contributed by atoms with Crippen molar-refractivity contribution in [1.29, 1.82) is 0 Å². The maximum atomic E-state index is 6.25. The molecule has 4 heteroatoms. The molecule has 2 aromatic rings. The second-order valence-corrected chi connectivity index (χ2v) is 5.76. The first-order chi connectivity index (χ1) is 11.2. The number of rotatable bonds is 5. The summed E-state index contributed by atoms with van der Waals surface area (Å²) in [6, 6.07) is 8.12. The summed E-state index contributed by atoms with van der Waals surface area (Å²) in [6.45, 7) is 2.70. The van der Waals surface area contributed by atoms with Crippen LogP contribution in [-0.4, -0.2) is 20.8 Å². The molecule has 1 heterocycles. The van der Waals surface area contributed by atoms with Crippen LogP contribution in [0, 0.1) is 6.92 Å². The quantitative estimate of drug-likeness (QED) is 0.782. The molecular formula is C19H23NO3. The van der Waals surface area contributed by atoms with Gasteiger partial charge in [-0.1, -0.05) is 18.2 Å². The molecule has 4 nitrogen and oxygen atoms in total.